The highest BCUT2D eigenvalue weighted by molar-refractivity contribution is 6.00. The molecule has 1 aliphatic heterocycles. The lowest BCUT2D eigenvalue weighted by molar-refractivity contribution is -0.150. The SMILES string of the molecule is O=C(CCCN1CCC(C(O)(c2ccccc2)c2ccccc2)CC1)c1ccc(C(C(=O)O)C(=O)O)cc1. The molecule has 0 atom stereocenters. The van der Waals surface area contributed by atoms with Crippen LogP contribution in [-0.4, -0.2) is 57.6 Å². The van der Waals surface area contributed by atoms with Crippen molar-refractivity contribution in [3.05, 3.63) is 107 Å². The molecule has 38 heavy (non-hydrogen) atoms. The van der Waals surface area contributed by atoms with Crippen LogP contribution in [0.1, 0.15) is 58.6 Å². The lowest BCUT2D eigenvalue weighted by atomic mass is 9.72. The highest BCUT2D eigenvalue weighted by atomic mass is 16.4. The molecule has 3 N–H and O–H groups in total. The van der Waals surface area contributed by atoms with Crippen LogP contribution in [0.25, 0.3) is 0 Å². The van der Waals surface area contributed by atoms with Gasteiger partial charge in [-0.15, -0.1) is 0 Å². The van der Waals surface area contributed by atoms with Crippen LogP contribution >= 0.6 is 0 Å². The van der Waals surface area contributed by atoms with Gasteiger partial charge < -0.3 is 20.2 Å². The molecule has 1 saturated heterocycles. The zero-order valence-electron chi connectivity index (χ0n) is 21.2. The number of Topliss-reactive ketones (excluding diaryl/α,β-unsaturated/α-hetero) is 1. The first-order valence-electron chi connectivity index (χ1n) is 12.9. The van der Waals surface area contributed by atoms with E-state index in [4.69, 9.17) is 10.2 Å². The smallest absolute Gasteiger partial charge is 0.322 e. The van der Waals surface area contributed by atoms with E-state index in [1.54, 1.807) is 0 Å². The van der Waals surface area contributed by atoms with E-state index >= 15 is 0 Å². The average Bonchev–Trinajstić information content (AvgIpc) is 2.94. The third kappa shape index (κ3) is 6.01. The number of ketones is 1. The quantitative estimate of drug-likeness (QED) is 0.253. The van der Waals surface area contributed by atoms with Gasteiger partial charge in [-0.25, -0.2) is 0 Å². The fourth-order valence-corrected chi connectivity index (χ4v) is 5.46. The van der Waals surface area contributed by atoms with Crippen LogP contribution in [-0.2, 0) is 15.2 Å². The van der Waals surface area contributed by atoms with Crippen LogP contribution in [0, 0.1) is 5.92 Å². The molecular formula is C31H33NO6. The molecule has 1 aliphatic rings. The molecule has 0 aromatic heterocycles. The zero-order chi connectivity index (χ0) is 27.1. The van der Waals surface area contributed by atoms with Crippen LogP contribution in [0.5, 0.6) is 0 Å². The van der Waals surface area contributed by atoms with E-state index in [1.807, 2.05) is 60.7 Å². The minimum atomic E-state index is -1.65. The van der Waals surface area contributed by atoms with Gasteiger partial charge in [-0.05, 0) is 61.5 Å². The molecule has 0 bridgehead atoms. The van der Waals surface area contributed by atoms with E-state index in [9.17, 15) is 19.5 Å². The second kappa shape index (κ2) is 12.2. The number of carbonyl (C=O) groups excluding carboxylic acids is 1. The lowest BCUT2D eigenvalue weighted by Gasteiger charge is -2.42. The van der Waals surface area contributed by atoms with Gasteiger partial charge in [0.2, 0.25) is 0 Å². The van der Waals surface area contributed by atoms with Gasteiger partial charge in [0.05, 0.1) is 0 Å². The summed E-state index contributed by atoms with van der Waals surface area (Å²) in [6.45, 7) is 2.44. The van der Waals surface area contributed by atoms with Crippen molar-refractivity contribution in [2.45, 2.75) is 37.2 Å². The van der Waals surface area contributed by atoms with Gasteiger partial charge >= 0.3 is 11.9 Å². The van der Waals surface area contributed by atoms with Crippen molar-refractivity contribution in [2.75, 3.05) is 19.6 Å². The zero-order valence-corrected chi connectivity index (χ0v) is 21.2. The maximum absolute atomic E-state index is 12.6. The van der Waals surface area contributed by atoms with Gasteiger partial charge in [-0.3, -0.25) is 14.4 Å². The number of carboxylic acid groups (broad SMARTS) is 2. The number of hydrogen-bond acceptors (Lipinski definition) is 5. The molecule has 7 nitrogen and oxygen atoms in total. The number of rotatable bonds is 11. The summed E-state index contributed by atoms with van der Waals surface area (Å²) in [7, 11) is 0. The number of aliphatic hydroxyl groups is 1. The summed E-state index contributed by atoms with van der Waals surface area (Å²) >= 11 is 0. The number of carbonyl (C=O) groups is 3. The molecule has 0 amide bonds. The van der Waals surface area contributed by atoms with Crippen molar-refractivity contribution in [1.29, 1.82) is 0 Å². The summed E-state index contributed by atoms with van der Waals surface area (Å²) < 4.78 is 0. The van der Waals surface area contributed by atoms with E-state index in [2.05, 4.69) is 4.90 Å². The highest BCUT2D eigenvalue weighted by Gasteiger charge is 2.41. The first-order chi connectivity index (χ1) is 18.3. The number of benzene rings is 3. The van der Waals surface area contributed by atoms with E-state index in [0.29, 0.717) is 18.4 Å². The van der Waals surface area contributed by atoms with Crippen molar-refractivity contribution in [1.82, 2.24) is 4.90 Å². The fraction of sp³-hybridized carbons (Fsp3) is 0.323. The Balaban J connectivity index is 1.31. The molecule has 198 valence electrons. The third-order valence-electron chi connectivity index (χ3n) is 7.54. The van der Waals surface area contributed by atoms with Crippen molar-refractivity contribution in [3.8, 4) is 0 Å². The fourth-order valence-electron chi connectivity index (χ4n) is 5.46. The minimum Gasteiger partial charge on any atom is -0.480 e. The Labute approximate surface area is 222 Å². The molecule has 0 spiro atoms. The summed E-state index contributed by atoms with van der Waals surface area (Å²) in [6.07, 6.45) is 2.70. The Morgan fingerprint density at radius 1 is 0.789 bits per heavy atom. The summed E-state index contributed by atoms with van der Waals surface area (Å²) in [5, 5.41) is 30.3. The molecule has 7 heteroatoms. The van der Waals surface area contributed by atoms with Gasteiger partial charge in [-0.2, -0.15) is 0 Å². The topological polar surface area (TPSA) is 115 Å². The maximum atomic E-state index is 12.6. The van der Waals surface area contributed by atoms with Gasteiger partial charge in [0, 0.05) is 12.0 Å². The van der Waals surface area contributed by atoms with Crippen LogP contribution in [0.15, 0.2) is 84.9 Å². The van der Waals surface area contributed by atoms with Crippen LogP contribution in [0.4, 0.5) is 0 Å². The summed E-state index contributed by atoms with van der Waals surface area (Å²) in [5.41, 5.74) is 1.32. The molecule has 1 fully saturated rings. The highest BCUT2D eigenvalue weighted by Crippen LogP contribution is 2.41. The number of likely N-dealkylation sites (tertiary alicyclic amines) is 1. The number of aliphatic carboxylic acids is 2. The second-order valence-electron chi connectivity index (χ2n) is 9.87. The average molecular weight is 516 g/mol. The molecule has 0 unspecified atom stereocenters. The Kier molecular flexibility index (Phi) is 8.71. The normalized spacial score (nSPS) is 14.9. The van der Waals surface area contributed by atoms with Crippen molar-refractivity contribution >= 4 is 17.7 Å². The second-order valence-corrected chi connectivity index (χ2v) is 9.87. The van der Waals surface area contributed by atoms with Crippen molar-refractivity contribution in [3.63, 3.8) is 0 Å². The Morgan fingerprint density at radius 3 is 1.76 bits per heavy atom. The number of hydrogen-bond donors (Lipinski definition) is 3. The van der Waals surface area contributed by atoms with Gasteiger partial charge in [0.1, 0.15) is 5.60 Å². The third-order valence-corrected chi connectivity index (χ3v) is 7.54. The molecule has 3 aromatic carbocycles. The summed E-state index contributed by atoms with van der Waals surface area (Å²) in [5.74, 6) is -4.51. The monoisotopic (exact) mass is 515 g/mol. The maximum Gasteiger partial charge on any atom is 0.322 e. The van der Waals surface area contributed by atoms with E-state index in [1.165, 1.54) is 24.3 Å². The van der Waals surface area contributed by atoms with Crippen LogP contribution in [0.3, 0.4) is 0 Å². The molecule has 1 heterocycles. The standard InChI is InChI=1S/C31H33NO6/c33-27(22-13-15-23(16-14-22)28(29(34)35)30(36)37)12-7-19-32-20-17-26(18-21-32)31(38,24-8-3-1-4-9-24)25-10-5-2-6-11-25/h1-6,8-11,13-16,26,28,38H,7,12,17-21H2,(H,34,35)(H,36,37). The first kappa shape index (κ1) is 27.2. The van der Waals surface area contributed by atoms with Gasteiger partial charge in [-0.1, -0.05) is 84.9 Å². The number of piperidine rings is 1. The van der Waals surface area contributed by atoms with Crippen molar-refractivity contribution < 1.29 is 29.7 Å². The Morgan fingerprint density at radius 2 is 1.29 bits per heavy atom. The summed E-state index contributed by atoms with van der Waals surface area (Å²) in [4.78, 5) is 37.4. The molecule has 0 radical (unpaired) electrons. The molecule has 4 rings (SSSR count). The largest absolute Gasteiger partial charge is 0.480 e. The van der Waals surface area contributed by atoms with E-state index in [0.717, 1.165) is 43.6 Å². The lowest BCUT2D eigenvalue weighted by Crippen LogP contribution is -2.44. The van der Waals surface area contributed by atoms with E-state index in [-0.39, 0.29) is 17.3 Å². The molecule has 0 aliphatic carbocycles. The van der Waals surface area contributed by atoms with E-state index < -0.39 is 23.5 Å². The molecular weight excluding hydrogens is 482 g/mol. The van der Waals surface area contributed by atoms with Gasteiger partial charge in [0.15, 0.2) is 11.7 Å². The number of carboxylic acids is 2. The van der Waals surface area contributed by atoms with Gasteiger partial charge in [0.25, 0.3) is 0 Å². The van der Waals surface area contributed by atoms with Crippen LogP contribution < -0.4 is 0 Å². The Bertz CT molecular complexity index is 1180. The number of nitrogens with zero attached hydrogens (tertiary/aromatic N) is 1. The first-order valence-corrected chi connectivity index (χ1v) is 12.9. The Hall–Kier alpha value is -3.81. The summed E-state index contributed by atoms with van der Waals surface area (Å²) in [6, 6.07) is 25.5. The predicted octanol–water partition coefficient (Wildman–Crippen LogP) is 4.55. The predicted molar refractivity (Wildman–Crippen MR) is 143 cm³/mol. The molecule has 3 aromatic rings. The van der Waals surface area contributed by atoms with Crippen LogP contribution in [0.2, 0.25) is 0 Å². The molecule has 0 saturated carbocycles. The van der Waals surface area contributed by atoms with Crippen molar-refractivity contribution in [2.24, 2.45) is 5.92 Å². The minimum absolute atomic E-state index is 0.0591.